The first-order valence-electron chi connectivity index (χ1n) is 7.97. The van der Waals surface area contributed by atoms with Crippen molar-refractivity contribution >= 4 is 23.0 Å². The van der Waals surface area contributed by atoms with Gasteiger partial charge in [-0.05, 0) is 81.7 Å². The average molecular weight is 305 g/mol. The van der Waals surface area contributed by atoms with Crippen LogP contribution in [0.25, 0.3) is 0 Å². The van der Waals surface area contributed by atoms with Crippen molar-refractivity contribution < 1.29 is 0 Å². The number of aryl methyl sites for hydroxylation is 1. The van der Waals surface area contributed by atoms with Crippen LogP contribution in [0, 0.1) is 12.8 Å². The molecule has 0 unspecified atom stereocenters. The van der Waals surface area contributed by atoms with Gasteiger partial charge in [0.25, 0.3) is 0 Å². The number of nitrogens with one attached hydrogen (secondary N) is 2. The molecule has 1 aliphatic heterocycles. The Labute approximate surface area is 134 Å². The van der Waals surface area contributed by atoms with Crippen LogP contribution in [0.3, 0.4) is 0 Å². The Morgan fingerprint density at radius 3 is 2.81 bits per heavy atom. The van der Waals surface area contributed by atoms with Crippen LogP contribution in [0.1, 0.15) is 31.7 Å². The summed E-state index contributed by atoms with van der Waals surface area (Å²) >= 11 is 5.33. The van der Waals surface area contributed by atoms with Crippen LogP contribution in [-0.2, 0) is 0 Å². The summed E-state index contributed by atoms with van der Waals surface area (Å²) in [7, 11) is 0. The molecule has 2 rings (SSSR count). The van der Waals surface area contributed by atoms with Gasteiger partial charge in [0.05, 0.1) is 0 Å². The van der Waals surface area contributed by atoms with E-state index in [1.54, 1.807) is 0 Å². The van der Waals surface area contributed by atoms with Crippen molar-refractivity contribution in [2.75, 3.05) is 31.5 Å². The molecule has 116 valence electrons. The minimum atomic E-state index is 0.716. The highest BCUT2D eigenvalue weighted by Gasteiger charge is 2.14. The molecule has 21 heavy (non-hydrogen) atoms. The molecule has 2 N–H and O–H groups in total. The lowest BCUT2D eigenvalue weighted by atomic mass is 9.99. The van der Waals surface area contributed by atoms with Crippen LogP contribution in [0.5, 0.6) is 0 Å². The highest BCUT2D eigenvalue weighted by molar-refractivity contribution is 7.80. The molecule has 0 aliphatic carbocycles. The van der Waals surface area contributed by atoms with Crippen LogP contribution in [-0.4, -0.2) is 36.2 Å². The Morgan fingerprint density at radius 1 is 1.33 bits per heavy atom. The van der Waals surface area contributed by atoms with E-state index in [9.17, 15) is 0 Å². The first kappa shape index (κ1) is 16.2. The summed E-state index contributed by atoms with van der Waals surface area (Å²) in [6.07, 6.45) is 3.84. The topological polar surface area (TPSA) is 27.3 Å². The summed E-state index contributed by atoms with van der Waals surface area (Å²) in [5.41, 5.74) is 2.29. The van der Waals surface area contributed by atoms with Gasteiger partial charge in [-0.1, -0.05) is 19.1 Å². The summed E-state index contributed by atoms with van der Waals surface area (Å²) in [5, 5.41) is 7.24. The number of rotatable bonds is 5. The lowest BCUT2D eigenvalue weighted by molar-refractivity contribution is 0.191. The first-order chi connectivity index (χ1) is 10.1. The van der Waals surface area contributed by atoms with E-state index in [0.29, 0.717) is 5.11 Å². The van der Waals surface area contributed by atoms with E-state index in [0.717, 1.165) is 24.6 Å². The van der Waals surface area contributed by atoms with Gasteiger partial charge >= 0.3 is 0 Å². The Kier molecular flexibility index (Phi) is 6.46. The molecule has 0 spiro atoms. The fourth-order valence-electron chi connectivity index (χ4n) is 2.69. The van der Waals surface area contributed by atoms with Crippen LogP contribution in [0.4, 0.5) is 5.69 Å². The van der Waals surface area contributed by atoms with Gasteiger partial charge in [-0.25, -0.2) is 0 Å². The molecular formula is C17H27N3S. The molecule has 0 saturated carbocycles. The van der Waals surface area contributed by atoms with Gasteiger partial charge in [-0.3, -0.25) is 0 Å². The van der Waals surface area contributed by atoms with E-state index < -0.39 is 0 Å². The van der Waals surface area contributed by atoms with E-state index in [4.69, 9.17) is 12.2 Å². The molecule has 4 heteroatoms. The van der Waals surface area contributed by atoms with E-state index in [1.165, 1.54) is 38.0 Å². The third-order valence-electron chi connectivity index (χ3n) is 4.09. The zero-order valence-electron chi connectivity index (χ0n) is 13.2. The lowest BCUT2D eigenvalue weighted by Gasteiger charge is -2.30. The Bertz CT molecular complexity index is 453. The number of piperidine rings is 1. The highest BCUT2D eigenvalue weighted by Crippen LogP contribution is 2.15. The average Bonchev–Trinajstić information content (AvgIpc) is 2.45. The number of hydrogen-bond acceptors (Lipinski definition) is 2. The normalized spacial score (nSPS) is 16.7. The predicted octanol–water partition coefficient (Wildman–Crippen LogP) is 3.40. The maximum atomic E-state index is 5.33. The van der Waals surface area contributed by atoms with E-state index in [-0.39, 0.29) is 0 Å². The number of thiocarbonyl (C=S) groups is 1. The monoisotopic (exact) mass is 305 g/mol. The van der Waals surface area contributed by atoms with Gasteiger partial charge in [0.1, 0.15) is 0 Å². The lowest BCUT2D eigenvalue weighted by Crippen LogP contribution is -2.36. The number of nitrogens with zero attached hydrogens (tertiary/aromatic N) is 1. The fourth-order valence-corrected chi connectivity index (χ4v) is 2.91. The van der Waals surface area contributed by atoms with E-state index >= 15 is 0 Å². The molecule has 0 atom stereocenters. The van der Waals surface area contributed by atoms with Crippen molar-refractivity contribution in [2.45, 2.75) is 33.1 Å². The van der Waals surface area contributed by atoms with Crippen LogP contribution < -0.4 is 10.6 Å². The summed E-state index contributed by atoms with van der Waals surface area (Å²) in [6.45, 7) is 9.06. The molecule has 1 aliphatic rings. The maximum absolute atomic E-state index is 5.33. The molecule has 0 aromatic heterocycles. The summed E-state index contributed by atoms with van der Waals surface area (Å²) in [6, 6.07) is 8.26. The van der Waals surface area contributed by atoms with Crippen LogP contribution in [0.2, 0.25) is 0 Å². The SMILES string of the molecule is Cc1cccc(NC(=S)NCCCN2CCC(C)CC2)c1. The molecule has 1 heterocycles. The van der Waals surface area contributed by atoms with Crippen LogP contribution >= 0.6 is 12.2 Å². The maximum Gasteiger partial charge on any atom is 0.170 e. The Hall–Kier alpha value is -1.13. The zero-order valence-corrected chi connectivity index (χ0v) is 14.0. The third kappa shape index (κ3) is 6.02. The smallest absolute Gasteiger partial charge is 0.170 e. The number of hydrogen-bond donors (Lipinski definition) is 2. The van der Waals surface area contributed by atoms with E-state index in [1.807, 2.05) is 12.1 Å². The van der Waals surface area contributed by atoms with Gasteiger partial charge in [-0.15, -0.1) is 0 Å². The minimum Gasteiger partial charge on any atom is -0.362 e. The third-order valence-corrected chi connectivity index (χ3v) is 4.34. The molecule has 1 aromatic rings. The van der Waals surface area contributed by atoms with Gasteiger partial charge in [-0.2, -0.15) is 0 Å². The van der Waals surface area contributed by atoms with Crippen molar-refractivity contribution in [2.24, 2.45) is 5.92 Å². The highest BCUT2D eigenvalue weighted by atomic mass is 32.1. The standard InChI is InChI=1S/C17H27N3S/c1-14-7-11-20(12-8-14)10-4-9-18-17(21)19-16-6-3-5-15(2)13-16/h3,5-6,13-14H,4,7-12H2,1-2H3,(H2,18,19,21). The Morgan fingerprint density at radius 2 is 2.10 bits per heavy atom. The summed E-state index contributed by atoms with van der Waals surface area (Å²) in [5.74, 6) is 0.908. The van der Waals surface area contributed by atoms with Gasteiger partial charge < -0.3 is 15.5 Å². The zero-order chi connectivity index (χ0) is 15.1. The molecule has 1 aromatic carbocycles. The number of benzene rings is 1. The minimum absolute atomic E-state index is 0.716. The summed E-state index contributed by atoms with van der Waals surface area (Å²) < 4.78 is 0. The molecule has 0 amide bonds. The van der Waals surface area contributed by atoms with Crippen molar-refractivity contribution in [1.29, 1.82) is 0 Å². The van der Waals surface area contributed by atoms with Crippen molar-refractivity contribution in [3.8, 4) is 0 Å². The second-order valence-corrected chi connectivity index (χ2v) is 6.54. The second-order valence-electron chi connectivity index (χ2n) is 6.13. The Balaban J connectivity index is 1.59. The second kappa shape index (κ2) is 8.35. The van der Waals surface area contributed by atoms with Gasteiger partial charge in [0, 0.05) is 12.2 Å². The van der Waals surface area contributed by atoms with Crippen molar-refractivity contribution in [1.82, 2.24) is 10.2 Å². The largest absolute Gasteiger partial charge is 0.362 e. The fraction of sp³-hybridized carbons (Fsp3) is 0.588. The predicted molar refractivity (Wildman–Crippen MR) is 94.9 cm³/mol. The number of anilines is 1. The van der Waals surface area contributed by atoms with Crippen molar-refractivity contribution in [3.05, 3.63) is 29.8 Å². The van der Waals surface area contributed by atoms with Gasteiger partial charge in [0.2, 0.25) is 0 Å². The molecule has 1 saturated heterocycles. The molecule has 0 bridgehead atoms. The van der Waals surface area contributed by atoms with E-state index in [2.05, 4.69) is 41.5 Å². The molecular weight excluding hydrogens is 278 g/mol. The molecule has 1 fully saturated rings. The first-order valence-corrected chi connectivity index (χ1v) is 8.38. The summed E-state index contributed by atoms with van der Waals surface area (Å²) in [4.78, 5) is 2.57. The molecule has 0 radical (unpaired) electrons. The molecule has 3 nitrogen and oxygen atoms in total. The van der Waals surface area contributed by atoms with Gasteiger partial charge in [0.15, 0.2) is 5.11 Å². The van der Waals surface area contributed by atoms with Crippen LogP contribution in [0.15, 0.2) is 24.3 Å². The van der Waals surface area contributed by atoms with Crippen molar-refractivity contribution in [3.63, 3.8) is 0 Å². The quantitative estimate of drug-likeness (QED) is 0.644. The number of likely N-dealkylation sites (tertiary alicyclic amines) is 1.